The van der Waals surface area contributed by atoms with Crippen molar-refractivity contribution in [3.05, 3.63) is 64.4 Å². The number of hydrogen-bond acceptors (Lipinski definition) is 4. The van der Waals surface area contributed by atoms with E-state index in [1.165, 1.54) is 36.4 Å². The second-order valence-electron chi connectivity index (χ2n) is 7.60. The third-order valence-corrected chi connectivity index (χ3v) is 6.97. The van der Waals surface area contributed by atoms with Gasteiger partial charge in [0.2, 0.25) is 0 Å². The van der Waals surface area contributed by atoms with Crippen molar-refractivity contribution < 1.29 is 27.1 Å². The monoisotopic (exact) mass is 457 g/mol. The first-order chi connectivity index (χ1) is 14.0. The molecule has 1 saturated carbocycles. The Bertz CT molecular complexity index is 1050. The van der Waals surface area contributed by atoms with Crippen LogP contribution < -0.4 is 5.32 Å². The van der Waals surface area contributed by atoms with E-state index in [0.717, 1.165) is 12.3 Å². The van der Waals surface area contributed by atoms with Gasteiger partial charge in [-0.05, 0) is 49.4 Å². The van der Waals surface area contributed by atoms with Crippen molar-refractivity contribution in [2.75, 3.05) is 6.26 Å². The molecule has 30 heavy (non-hydrogen) atoms. The molecule has 1 amide bonds. The summed E-state index contributed by atoms with van der Waals surface area (Å²) in [6, 6.07) is 8.50. The van der Waals surface area contributed by atoms with Crippen molar-refractivity contribution in [1.29, 1.82) is 0 Å². The molecule has 1 fully saturated rings. The maximum atomic E-state index is 14.1. The maximum absolute atomic E-state index is 14.1. The molecular formula is C21H22ClF2NO4S. The summed E-state index contributed by atoms with van der Waals surface area (Å²) in [6.07, 6.45) is 0.122. The van der Waals surface area contributed by atoms with E-state index in [2.05, 4.69) is 5.32 Å². The van der Waals surface area contributed by atoms with E-state index in [0.29, 0.717) is 0 Å². The highest BCUT2D eigenvalue weighted by atomic mass is 35.5. The average molecular weight is 458 g/mol. The van der Waals surface area contributed by atoms with E-state index in [-0.39, 0.29) is 46.7 Å². The molecule has 5 nitrogen and oxygen atoms in total. The molecular weight excluding hydrogens is 436 g/mol. The molecule has 0 aliphatic heterocycles. The molecule has 1 aliphatic rings. The summed E-state index contributed by atoms with van der Waals surface area (Å²) in [5.41, 5.74) is -1.54. The minimum Gasteiger partial charge on any atom is -0.387 e. The Hall–Kier alpha value is -2.03. The topological polar surface area (TPSA) is 83.5 Å². The third-order valence-electron chi connectivity index (χ3n) is 5.42. The van der Waals surface area contributed by atoms with Gasteiger partial charge < -0.3 is 10.4 Å². The summed E-state index contributed by atoms with van der Waals surface area (Å²) in [6.45, 7) is 0. The molecule has 9 heteroatoms. The number of hydrogen-bond donors (Lipinski definition) is 2. The van der Waals surface area contributed by atoms with Crippen LogP contribution in [0.2, 0.25) is 5.02 Å². The van der Waals surface area contributed by atoms with E-state index in [1.807, 2.05) is 0 Å². The molecule has 0 heterocycles. The van der Waals surface area contributed by atoms with Crippen LogP contribution in [0.5, 0.6) is 0 Å². The van der Waals surface area contributed by atoms with Crippen LogP contribution in [0, 0.1) is 5.82 Å². The van der Waals surface area contributed by atoms with Gasteiger partial charge in [-0.15, -0.1) is 0 Å². The van der Waals surface area contributed by atoms with E-state index in [9.17, 15) is 27.1 Å². The Morgan fingerprint density at radius 2 is 1.83 bits per heavy atom. The van der Waals surface area contributed by atoms with Gasteiger partial charge in [-0.25, -0.2) is 17.2 Å². The SMILES string of the molecule is CS(=O)(=O)c1ccccc1C(=O)NC(c1cccc(F)c1Cl)[C@]1(O)CC[C@H](F)CC1. The van der Waals surface area contributed by atoms with Gasteiger partial charge in [-0.3, -0.25) is 4.79 Å². The van der Waals surface area contributed by atoms with Crippen molar-refractivity contribution in [1.82, 2.24) is 5.32 Å². The van der Waals surface area contributed by atoms with Gasteiger partial charge >= 0.3 is 0 Å². The van der Waals surface area contributed by atoms with E-state index >= 15 is 0 Å². The highest BCUT2D eigenvalue weighted by Crippen LogP contribution is 2.42. The van der Waals surface area contributed by atoms with Crippen molar-refractivity contribution in [2.45, 2.75) is 48.4 Å². The van der Waals surface area contributed by atoms with Crippen LogP contribution in [0.3, 0.4) is 0 Å². The Balaban J connectivity index is 2.04. The first kappa shape index (κ1) is 22.7. The van der Waals surface area contributed by atoms with Gasteiger partial charge in [-0.2, -0.15) is 0 Å². The Morgan fingerprint density at radius 3 is 2.47 bits per heavy atom. The van der Waals surface area contributed by atoms with Crippen molar-refractivity contribution in [2.24, 2.45) is 0 Å². The second kappa shape index (κ2) is 8.61. The molecule has 1 atom stereocenters. The fourth-order valence-electron chi connectivity index (χ4n) is 3.80. The largest absolute Gasteiger partial charge is 0.387 e. The van der Waals surface area contributed by atoms with Crippen molar-refractivity contribution >= 4 is 27.3 Å². The van der Waals surface area contributed by atoms with Crippen molar-refractivity contribution in [3.8, 4) is 0 Å². The number of sulfone groups is 1. The number of carbonyl (C=O) groups is 1. The van der Waals surface area contributed by atoms with Gasteiger partial charge in [0.05, 0.1) is 27.1 Å². The lowest BCUT2D eigenvalue weighted by atomic mass is 9.76. The van der Waals surface area contributed by atoms with Crippen LogP contribution in [0.1, 0.15) is 47.6 Å². The number of benzene rings is 2. The predicted molar refractivity (Wildman–Crippen MR) is 109 cm³/mol. The van der Waals surface area contributed by atoms with Gasteiger partial charge in [-0.1, -0.05) is 35.9 Å². The molecule has 0 aromatic heterocycles. The number of halogens is 3. The molecule has 2 N–H and O–H groups in total. The molecule has 0 spiro atoms. The number of aliphatic hydroxyl groups is 1. The van der Waals surface area contributed by atoms with Crippen LogP contribution >= 0.6 is 11.6 Å². The van der Waals surface area contributed by atoms with Gasteiger partial charge in [0.25, 0.3) is 5.91 Å². The molecule has 162 valence electrons. The molecule has 3 rings (SSSR count). The van der Waals surface area contributed by atoms with Crippen LogP contribution in [0.15, 0.2) is 47.4 Å². The smallest absolute Gasteiger partial charge is 0.253 e. The van der Waals surface area contributed by atoms with Crippen LogP contribution in [-0.4, -0.2) is 37.5 Å². The maximum Gasteiger partial charge on any atom is 0.253 e. The van der Waals surface area contributed by atoms with Gasteiger partial charge in [0.1, 0.15) is 12.0 Å². The highest BCUT2D eigenvalue weighted by molar-refractivity contribution is 7.90. The van der Waals surface area contributed by atoms with Crippen molar-refractivity contribution in [3.63, 3.8) is 0 Å². The first-order valence-electron chi connectivity index (χ1n) is 9.43. The minimum absolute atomic E-state index is 0.0275. The highest BCUT2D eigenvalue weighted by Gasteiger charge is 2.43. The molecule has 0 saturated heterocycles. The summed E-state index contributed by atoms with van der Waals surface area (Å²) in [5, 5.41) is 13.6. The fourth-order valence-corrected chi connectivity index (χ4v) is 4.92. The Kier molecular flexibility index (Phi) is 6.50. The standard InChI is InChI=1S/C21H22ClF2NO4S/c1-30(28,29)17-8-3-2-5-14(17)20(26)25-19(15-6-4-7-16(24)18(15)22)21(27)11-9-13(23)10-12-21/h2-8,13,19,27H,9-12H2,1H3,(H,25,26)/t13-,19?,21-. The summed E-state index contributed by atoms with van der Waals surface area (Å²) in [7, 11) is -3.70. The normalized spacial score (nSPS) is 23.0. The quantitative estimate of drug-likeness (QED) is 0.711. The van der Waals surface area contributed by atoms with Crippen LogP contribution in [-0.2, 0) is 9.84 Å². The Labute approximate surface area is 179 Å². The second-order valence-corrected chi connectivity index (χ2v) is 9.96. The number of nitrogens with one attached hydrogen (secondary N) is 1. The number of alkyl halides is 1. The Morgan fingerprint density at radius 1 is 1.20 bits per heavy atom. The summed E-state index contributed by atoms with van der Waals surface area (Å²) < 4.78 is 51.9. The number of carbonyl (C=O) groups excluding carboxylic acids is 1. The number of amides is 1. The molecule has 1 unspecified atom stereocenters. The lowest BCUT2D eigenvalue weighted by Crippen LogP contribution is -2.48. The summed E-state index contributed by atoms with van der Waals surface area (Å²) >= 11 is 6.12. The van der Waals surface area contributed by atoms with Gasteiger partial charge in [0, 0.05) is 6.26 Å². The van der Waals surface area contributed by atoms with E-state index in [4.69, 9.17) is 11.6 Å². The predicted octanol–water partition coefficient (Wildman–Crippen LogP) is 4.00. The zero-order valence-corrected chi connectivity index (χ0v) is 17.8. The van der Waals surface area contributed by atoms with E-state index in [1.54, 1.807) is 0 Å². The summed E-state index contributed by atoms with van der Waals surface area (Å²) in [4.78, 5) is 12.9. The molecule has 0 radical (unpaired) electrons. The lowest BCUT2D eigenvalue weighted by Gasteiger charge is -2.41. The zero-order valence-electron chi connectivity index (χ0n) is 16.2. The van der Waals surface area contributed by atoms with Crippen LogP contribution in [0.25, 0.3) is 0 Å². The molecule has 2 aromatic rings. The molecule has 2 aromatic carbocycles. The zero-order chi connectivity index (χ0) is 22.1. The fraction of sp³-hybridized carbons (Fsp3) is 0.381. The van der Waals surface area contributed by atoms with E-state index < -0.39 is 39.4 Å². The molecule has 0 bridgehead atoms. The third kappa shape index (κ3) is 4.66. The van der Waals surface area contributed by atoms with Gasteiger partial charge in [0.15, 0.2) is 9.84 Å². The minimum atomic E-state index is -3.70. The van der Waals surface area contributed by atoms with Crippen LogP contribution in [0.4, 0.5) is 8.78 Å². The molecule has 1 aliphatic carbocycles. The lowest BCUT2D eigenvalue weighted by molar-refractivity contribution is -0.0446. The number of rotatable bonds is 5. The average Bonchev–Trinajstić information content (AvgIpc) is 2.70. The summed E-state index contributed by atoms with van der Waals surface area (Å²) in [5.74, 6) is -1.50. The first-order valence-corrected chi connectivity index (χ1v) is 11.7.